The van der Waals surface area contributed by atoms with E-state index in [2.05, 4.69) is 10.3 Å². The average molecular weight is 208 g/mol. The van der Waals surface area contributed by atoms with Crippen LogP contribution < -0.4 is 5.32 Å². The fourth-order valence-corrected chi connectivity index (χ4v) is 2.11. The second-order valence-electron chi connectivity index (χ2n) is 4.38. The van der Waals surface area contributed by atoms with Gasteiger partial charge in [0.2, 0.25) is 0 Å². The summed E-state index contributed by atoms with van der Waals surface area (Å²) in [6.45, 7) is 3.70. The Morgan fingerprint density at radius 2 is 2.27 bits per heavy atom. The Morgan fingerprint density at radius 3 is 2.93 bits per heavy atom. The van der Waals surface area contributed by atoms with Gasteiger partial charge in [-0.3, -0.25) is 0 Å². The average Bonchev–Trinajstić information content (AvgIpc) is 2.66. The second kappa shape index (κ2) is 3.94. The highest BCUT2D eigenvalue weighted by Crippen LogP contribution is 2.27. The Morgan fingerprint density at radius 1 is 1.33 bits per heavy atom. The summed E-state index contributed by atoms with van der Waals surface area (Å²) in [7, 11) is 0. The molecule has 2 aliphatic heterocycles. The number of hydrogen-bond acceptors (Lipinski definition) is 4. The molecule has 0 aliphatic carbocycles. The van der Waals surface area contributed by atoms with Crippen molar-refractivity contribution in [2.45, 2.75) is 24.7 Å². The molecule has 4 nitrogen and oxygen atoms in total. The quantitative estimate of drug-likeness (QED) is 0.794. The molecular weight excluding hydrogens is 192 g/mol. The third-order valence-electron chi connectivity index (χ3n) is 3.25. The van der Waals surface area contributed by atoms with Gasteiger partial charge in [-0.2, -0.15) is 0 Å². The Labute approximate surface area is 89.0 Å². The zero-order chi connectivity index (χ0) is 10.1. The van der Waals surface area contributed by atoms with Crippen LogP contribution in [-0.4, -0.2) is 31.3 Å². The molecule has 0 radical (unpaired) electrons. The molecule has 1 unspecified atom stereocenters. The normalized spacial score (nSPS) is 27.6. The van der Waals surface area contributed by atoms with Crippen molar-refractivity contribution < 1.29 is 9.15 Å². The lowest BCUT2D eigenvalue weighted by atomic mass is 9.99. The minimum atomic E-state index is 0.448. The fraction of sp³-hybridized carbons (Fsp3) is 0.727. The summed E-state index contributed by atoms with van der Waals surface area (Å²) in [5.74, 6) is 1.84. The van der Waals surface area contributed by atoms with Crippen molar-refractivity contribution in [2.24, 2.45) is 0 Å². The molecule has 1 aromatic rings. The molecule has 0 saturated carbocycles. The van der Waals surface area contributed by atoms with E-state index in [0.29, 0.717) is 11.8 Å². The molecule has 2 aliphatic rings. The molecule has 15 heavy (non-hydrogen) atoms. The molecule has 1 N–H and O–H groups in total. The van der Waals surface area contributed by atoms with E-state index in [1.165, 1.54) is 6.42 Å². The van der Waals surface area contributed by atoms with Gasteiger partial charge in [0.25, 0.3) is 0 Å². The zero-order valence-corrected chi connectivity index (χ0v) is 8.74. The first-order valence-corrected chi connectivity index (χ1v) is 5.67. The molecule has 4 heteroatoms. The minimum Gasteiger partial charge on any atom is -0.448 e. The van der Waals surface area contributed by atoms with Crippen LogP contribution >= 0.6 is 0 Å². The van der Waals surface area contributed by atoms with Gasteiger partial charge in [0.1, 0.15) is 6.26 Å². The van der Waals surface area contributed by atoms with Crippen LogP contribution in [0.25, 0.3) is 0 Å². The third kappa shape index (κ3) is 1.79. The lowest BCUT2D eigenvalue weighted by Gasteiger charge is -2.23. The lowest BCUT2D eigenvalue weighted by Crippen LogP contribution is -2.40. The highest BCUT2D eigenvalue weighted by atomic mass is 16.5. The van der Waals surface area contributed by atoms with Crippen LogP contribution in [0.3, 0.4) is 0 Å². The number of aromatic nitrogens is 1. The maximum atomic E-state index is 5.52. The van der Waals surface area contributed by atoms with Gasteiger partial charge in [0, 0.05) is 25.6 Å². The van der Waals surface area contributed by atoms with Gasteiger partial charge in [0.15, 0.2) is 5.89 Å². The SMILES string of the molecule is c1oc(C2CNC2)nc1C1CCCOC1. The number of rotatable bonds is 2. The lowest BCUT2D eigenvalue weighted by molar-refractivity contribution is 0.0792. The van der Waals surface area contributed by atoms with Gasteiger partial charge < -0.3 is 14.5 Å². The Hall–Kier alpha value is -0.870. The van der Waals surface area contributed by atoms with E-state index >= 15 is 0 Å². The molecule has 0 bridgehead atoms. The van der Waals surface area contributed by atoms with E-state index in [0.717, 1.165) is 44.3 Å². The second-order valence-corrected chi connectivity index (χ2v) is 4.38. The van der Waals surface area contributed by atoms with Gasteiger partial charge in [-0.05, 0) is 12.8 Å². The van der Waals surface area contributed by atoms with E-state index in [4.69, 9.17) is 9.15 Å². The summed E-state index contributed by atoms with van der Waals surface area (Å²) in [6, 6.07) is 0. The van der Waals surface area contributed by atoms with Crippen molar-refractivity contribution in [3.05, 3.63) is 17.8 Å². The smallest absolute Gasteiger partial charge is 0.199 e. The van der Waals surface area contributed by atoms with Crippen molar-refractivity contribution in [3.63, 3.8) is 0 Å². The number of ether oxygens (including phenoxy) is 1. The van der Waals surface area contributed by atoms with Crippen molar-refractivity contribution in [1.29, 1.82) is 0 Å². The molecular formula is C11H16N2O2. The monoisotopic (exact) mass is 208 g/mol. The van der Waals surface area contributed by atoms with Gasteiger partial charge >= 0.3 is 0 Å². The van der Waals surface area contributed by atoms with E-state index in [-0.39, 0.29) is 0 Å². The molecule has 3 heterocycles. The maximum absolute atomic E-state index is 5.52. The van der Waals surface area contributed by atoms with Crippen LogP contribution in [0.4, 0.5) is 0 Å². The number of hydrogen-bond donors (Lipinski definition) is 1. The summed E-state index contributed by atoms with van der Waals surface area (Å²) >= 11 is 0. The summed E-state index contributed by atoms with van der Waals surface area (Å²) < 4.78 is 11.0. The molecule has 0 amide bonds. The first-order valence-electron chi connectivity index (χ1n) is 5.67. The van der Waals surface area contributed by atoms with Crippen LogP contribution in [-0.2, 0) is 4.74 Å². The van der Waals surface area contributed by atoms with Crippen molar-refractivity contribution in [1.82, 2.24) is 10.3 Å². The number of nitrogens with one attached hydrogen (secondary N) is 1. The molecule has 0 spiro atoms. The first-order chi connectivity index (χ1) is 7.43. The van der Waals surface area contributed by atoms with Crippen LogP contribution in [0.5, 0.6) is 0 Å². The van der Waals surface area contributed by atoms with Gasteiger partial charge in [-0.15, -0.1) is 0 Å². The predicted octanol–water partition coefficient (Wildman–Crippen LogP) is 1.26. The standard InChI is InChI=1S/C11H16N2O2/c1-2-8(6-14-3-1)10-7-15-11(13-10)9-4-12-5-9/h7-9,12H,1-6H2. The summed E-state index contributed by atoms with van der Waals surface area (Å²) in [5, 5.41) is 3.22. The Bertz CT molecular complexity index is 327. The van der Waals surface area contributed by atoms with Gasteiger partial charge in [-0.25, -0.2) is 4.98 Å². The maximum Gasteiger partial charge on any atom is 0.199 e. The van der Waals surface area contributed by atoms with Crippen LogP contribution in [0.1, 0.15) is 36.3 Å². The first kappa shape index (κ1) is 9.36. The summed E-state index contributed by atoms with van der Waals surface area (Å²) in [6.07, 6.45) is 4.12. The fourth-order valence-electron chi connectivity index (χ4n) is 2.11. The molecule has 1 atom stereocenters. The Balaban J connectivity index is 1.71. The van der Waals surface area contributed by atoms with Crippen LogP contribution in [0, 0.1) is 0 Å². The van der Waals surface area contributed by atoms with Gasteiger partial charge in [0.05, 0.1) is 18.2 Å². The Kier molecular flexibility index (Phi) is 2.46. The molecule has 2 fully saturated rings. The predicted molar refractivity (Wildman–Crippen MR) is 54.9 cm³/mol. The van der Waals surface area contributed by atoms with Crippen molar-refractivity contribution in [2.75, 3.05) is 26.3 Å². The number of oxazole rings is 1. The molecule has 3 rings (SSSR count). The highest BCUT2D eigenvalue weighted by Gasteiger charge is 2.26. The van der Waals surface area contributed by atoms with Crippen LogP contribution in [0.2, 0.25) is 0 Å². The highest BCUT2D eigenvalue weighted by molar-refractivity contribution is 5.09. The van der Waals surface area contributed by atoms with Crippen molar-refractivity contribution >= 4 is 0 Å². The zero-order valence-electron chi connectivity index (χ0n) is 8.74. The summed E-state index contributed by atoms with van der Waals surface area (Å²) in [4.78, 5) is 4.57. The van der Waals surface area contributed by atoms with Crippen molar-refractivity contribution in [3.8, 4) is 0 Å². The molecule has 82 valence electrons. The largest absolute Gasteiger partial charge is 0.448 e. The van der Waals surface area contributed by atoms with E-state index in [1.807, 2.05) is 6.26 Å². The number of nitrogens with zero attached hydrogens (tertiary/aromatic N) is 1. The van der Waals surface area contributed by atoms with E-state index in [9.17, 15) is 0 Å². The topological polar surface area (TPSA) is 47.3 Å². The van der Waals surface area contributed by atoms with Gasteiger partial charge in [-0.1, -0.05) is 0 Å². The third-order valence-corrected chi connectivity index (χ3v) is 3.25. The van der Waals surface area contributed by atoms with Crippen LogP contribution in [0.15, 0.2) is 10.7 Å². The van der Waals surface area contributed by atoms with E-state index in [1.54, 1.807) is 0 Å². The van der Waals surface area contributed by atoms with E-state index < -0.39 is 0 Å². The summed E-state index contributed by atoms with van der Waals surface area (Å²) in [5.41, 5.74) is 1.08. The molecule has 1 aromatic heterocycles. The molecule has 2 saturated heterocycles. The minimum absolute atomic E-state index is 0.448. The molecule has 0 aromatic carbocycles.